The molecular formula is C18H8S4. The summed E-state index contributed by atoms with van der Waals surface area (Å²) in [7, 11) is 0. The van der Waals surface area contributed by atoms with Crippen LogP contribution in [0.2, 0.25) is 0 Å². The van der Waals surface area contributed by atoms with Crippen LogP contribution >= 0.6 is 45.3 Å². The van der Waals surface area contributed by atoms with Crippen molar-refractivity contribution < 1.29 is 0 Å². The normalized spacial score (nSPS) is 14.2. The SMILES string of the molecule is c1cc2c(s1)C(=C1c3sccc3-c3ccsc31)c1sccc1-2. The van der Waals surface area contributed by atoms with Crippen molar-refractivity contribution in [2.45, 2.75) is 0 Å². The van der Waals surface area contributed by atoms with Crippen LogP contribution in [0.4, 0.5) is 0 Å². The Morgan fingerprint density at radius 1 is 0.409 bits per heavy atom. The van der Waals surface area contributed by atoms with Gasteiger partial charge in [-0.3, -0.25) is 0 Å². The third-order valence-corrected chi connectivity index (χ3v) is 8.13. The van der Waals surface area contributed by atoms with Gasteiger partial charge in [-0.1, -0.05) is 0 Å². The second-order valence-corrected chi connectivity index (χ2v) is 9.07. The topological polar surface area (TPSA) is 0 Å². The highest BCUT2D eigenvalue weighted by molar-refractivity contribution is 7.17. The first kappa shape index (κ1) is 12.0. The zero-order chi connectivity index (χ0) is 14.3. The fourth-order valence-corrected chi connectivity index (χ4v) is 7.52. The number of hydrogen-bond donors (Lipinski definition) is 0. The summed E-state index contributed by atoms with van der Waals surface area (Å²) in [6.07, 6.45) is 0. The average molecular weight is 353 g/mol. The van der Waals surface area contributed by atoms with E-state index in [1.165, 1.54) is 52.9 Å². The van der Waals surface area contributed by atoms with E-state index in [1.54, 1.807) is 0 Å². The van der Waals surface area contributed by atoms with Crippen LogP contribution in [0.3, 0.4) is 0 Å². The highest BCUT2D eigenvalue weighted by atomic mass is 32.1. The van der Waals surface area contributed by atoms with Gasteiger partial charge in [-0.2, -0.15) is 0 Å². The molecule has 0 amide bonds. The first-order valence-electron chi connectivity index (χ1n) is 7.00. The van der Waals surface area contributed by atoms with Crippen LogP contribution in [0, 0.1) is 0 Å². The standard InChI is InChI=1S/C18H8S4/c1-5-19-15-9(1)10-2-6-20-16(10)13(15)14-17-11(3-7-21-17)12-4-8-22-18(12)14/h1-8H. The van der Waals surface area contributed by atoms with Crippen molar-refractivity contribution in [2.24, 2.45) is 0 Å². The molecule has 0 nitrogen and oxygen atoms in total. The molecular weight excluding hydrogens is 344 g/mol. The Balaban J connectivity index is 1.83. The van der Waals surface area contributed by atoms with Crippen molar-refractivity contribution in [3.05, 3.63) is 65.3 Å². The van der Waals surface area contributed by atoms with E-state index in [0.717, 1.165) is 0 Å². The molecule has 0 unspecified atom stereocenters. The number of thiophene rings is 4. The Morgan fingerprint density at radius 3 is 0.955 bits per heavy atom. The summed E-state index contributed by atoms with van der Waals surface area (Å²) in [5.74, 6) is 0. The molecule has 0 radical (unpaired) electrons. The predicted octanol–water partition coefficient (Wildman–Crippen LogP) is 6.90. The number of rotatable bonds is 0. The van der Waals surface area contributed by atoms with Crippen LogP contribution in [-0.2, 0) is 0 Å². The molecule has 2 aliphatic carbocycles. The van der Waals surface area contributed by atoms with Crippen LogP contribution in [-0.4, -0.2) is 0 Å². The van der Waals surface area contributed by atoms with E-state index in [-0.39, 0.29) is 0 Å². The first-order valence-corrected chi connectivity index (χ1v) is 10.5. The molecule has 0 fully saturated rings. The molecule has 4 heteroatoms. The Labute approximate surface area is 143 Å². The van der Waals surface area contributed by atoms with E-state index in [9.17, 15) is 0 Å². The summed E-state index contributed by atoms with van der Waals surface area (Å²) in [6.45, 7) is 0. The Bertz CT molecular complexity index is 909. The maximum atomic E-state index is 2.28. The molecule has 104 valence electrons. The van der Waals surface area contributed by atoms with Crippen LogP contribution in [0.15, 0.2) is 45.8 Å². The minimum Gasteiger partial charge on any atom is -0.143 e. The quantitative estimate of drug-likeness (QED) is 0.279. The van der Waals surface area contributed by atoms with Gasteiger partial charge >= 0.3 is 0 Å². The summed E-state index contributed by atoms with van der Waals surface area (Å²) >= 11 is 7.52. The lowest BCUT2D eigenvalue weighted by molar-refractivity contribution is 1.86. The summed E-state index contributed by atoms with van der Waals surface area (Å²) in [6, 6.07) is 9.11. The van der Waals surface area contributed by atoms with Gasteiger partial charge in [-0.25, -0.2) is 0 Å². The third kappa shape index (κ3) is 1.29. The van der Waals surface area contributed by atoms with Gasteiger partial charge < -0.3 is 0 Å². The third-order valence-electron chi connectivity index (χ3n) is 4.40. The molecule has 0 saturated heterocycles. The second kappa shape index (κ2) is 4.09. The zero-order valence-electron chi connectivity index (χ0n) is 11.3. The molecule has 0 saturated carbocycles. The highest BCUT2D eigenvalue weighted by Gasteiger charge is 2.35. The van der Waals surface area contributed by atoms with Crippen molar-refractivity contribution >= 4 is 56.5 Å². The van der Waals surface area contributed by atoms with Gasteiger partial charge in [-0.15, -0.1) is 45.3 Å². The smallest absolute Gasteiger partial charge is 0.0443 e. The monoisotopic (exact) mass is 352 g/mol. The summed E-state index contributed by atoms with van der Waals surface area (Å²) in [5, 5.41) is 8.91. The van der Waals surface area contributed by atoms with Gasteiger partial charge in [0.2, 0.25) is 0 Å². The minimum absolute atomic E-state index is 1.42. The van der Waals surface area contributed by atoms with E-state index >= 15 is 0 Å². The second-order valence-electron chi connectivity index (χ2n) is 5.40. The molecule has 0 aliphatic heterocycles. The molecule has 0 bridgehead atoms. The molecule has 0 spiro atoms. The van der Waals surface area contributed by atoms with Gasteiger partial charge in [0.1, 0.15) is 0 Å². The maximum Gasteiger partial charge on any atom is 0.0443 e. The first-order chi connectivity index (χ1) is 10.9. The van der Waals surface area contributed by atoms with Gasteiger partial charge in [0.05, 0.1) is 0 Å². The Kier molecular flexibility index (Phi) is 2.23. The van der Waals surface area contributed by atoms with E-state index in [2.05, 4.69) is 45.8 Å². The van der Waals surface area contributed by atoms with Gasteiger partial charge in [-0.05, 0) is 45.8 Å². The van der Waals surface area contributed by atoms with Crippen LogP contribution in [0.5, 0.6) is 0 Å². The Hall–Kier alpha value is -1.46. The van der Waals surface area contributed by atoms with Crippen molar-refractivity contribution in [1.29, 1.82) is 0 Å². The fourth-order valence-electron chi connectivity index (χ4n) is 3.52. The summed E-state index contributed by atoms with van der Waals surface area (Å²) < 4.78 is 0. The van der Waals surface area contributed by atoms with Crippen molar-refractivity contribution in [2.75, 3.05) is 0 Å². The summed E-state index contributed by atoms with van der Waals surface area (Å²) in [4.78, 5) is 5.82. The minimum atomic E-state index is 1.42. The fraction of sp³-hybridized carbons (Fsp3) is 0. The van der Waals surface area contributed by atoms with E-state index in [0.29, 0.717) is 0 Å². The van der Waals surface area contributed by atoms with Gasteiger partial charge in [0, 0.05) is 52.9 Å². The van der Waals surface area contributed by atoms with Crippen molar-refractivity contribution in [3.8, 4) is 22.3 Å². The average Bonchev–Trinajstić information content (AvgIpc) is 3.31. The number of fused-ring (bicyclic) bond motifs is 6. The van der Waals surface area contributed by atoms with Crippen molar-refractivity contribution in [1.82, 2.24) is 0 Å². The molecule has 4 aromatic heterocycles. The molecule has 4 aromatic rings. The molecule has 2 aliphatic rings. The van der Waals surface area contributed by atoms with Crippen LogP contribution in [0.1, 0.15) is 19.5 Å². The largest absolute Gasteiger partial charge is 0.143 e. The highest BCUT2D eigenvalue weighted by Crippen LogP contribution is 2.58. The van der Waals surface area contributed by atoms with E-state index in [1.807, 2.05) is 45.3 Å². The molecule has 22 heavy (non-hydrogen) atoms. The maximum absolute atomic E-state index is 2.28. The van der Waals surface area contributed by atoms with Gasteiger partial charge in [0.25, 0.3) is 0 Å². The van der Waals surface area contributed by atoms with Crippen LogP contribution < -0.4 is 0 Å². The molecule has 0 N–H and O–H groups in total. The number of hydrogen-bond acceptors (Lipinski definition) is 4. The van der Waals surface area contributed by atoms with Gasteiger partial charge in [0.15, 0.2) is 0 Å². The molecule has 0 atom stereocenters. The Morgan fingerprint density at radius 2 is 0.682 bits per heavy atom. The van der Waals surface area contributed by atoms with Crippen LogP contribution in [0.25, 0.3) is 33.4 Å². The lowest BCUT2D eigenvalue weighted by Crippen LogP contribution is -1.83. The van der Waals surface area contributed by atoms with E-state index in [4.69, 9.17) is 0 Å². The van der Waals surface area contributed by atoms with Crippen molar-refractivity contribution in [3.63, 3.8) is 0 Å². The predicted molar refractivity (Wildman–Crippen MR) is 100 cm³/mol. The summed E-state index contributed by atoms with van der Waals surface area (Å²) in [5.41, 5.74) is 8.64. The molecule has 4 heterocycles. The molecule has 6 rings (SSSR count). The lowest BCUT2D eigenvalue weighted by Gasteiger charge is -2.05. The van der Waals surface area contributed by atoms with E-state index < -0.39 is 0 Å². The molecule has 0 aromatic carbocycles. The zero-order valence-corrected chi connectivity index (χ0v) is 14.5. The lowest BCUT2D eigenvalue weighted by atomic mass is 10.1.